The van der Waals surface area contributed by atoms with Crippen molar-refractivity contribution in [2.45, 2.75) is 6.92 Å². The van der Waals surface area contributed by atoms with Gasteiger partial charge >= 0.3 is 0 Å². The second-order valence-corrected chi connectivity index (χ2v) is 4.91. The van der Waals surface area contributed by atoms with E-state index in [-0.39, 0.29) is 13.6 Å². The first-order valence-corrected chi connectivity index (χ1v) is 7.84. The summed E-state index contributed by atoms with van der Waals surface area (Å²) in [5, 5.41) is 0. The molecule has 0 heterocycles. The van der Waals surface area contributed by atoms with Gasteiger partial charge in [-0.05, 0) is 18.6 Å². The number of benzene rings is 1. The van der Waals surface area contributed by atoms with Gasteiger partial charge in [0.25, 0.3) is 0 Å². The van der Waals surface area contributed by atoms with Crippen molar-refractivity contribution in [2.24, 2.45) is 0 Å². The second-order valence-electron chi connectivity index (χ2n) is 4.91. The standard InChI is InChI=1S/C17H28O8/c1-13-10-14(24-11-22-8-6-18-2)16(20-4)17(21-5)15(13)25-12-23-9-7-19-3/h10H,6-9,11-12H2,1-5H3. The minimum absolute atomic E-state index is 0.0721. The fraction of sp³-hybridized carbons (Fsp3) is 0.647. The summed E-state index contributed by atoms with van der Waals surface area (Å²) < 4.78 is 42.6. The smallest absolute Gasteiger partial charge is 0.207 e. The van der Waals surface area contributed by atoms with E-state index in [1.165, 1.54) is 14.2 Å². The Labute approximate surface area is 148 Å². The molecule has 0 unspecified atom stereocenters. The molecule has 0 aliphatic carbocycles. The van der Waals surface area contributed by atoms with Crippen LogP contribution in [-0.4, -0.2) is 68.5 Å². The van der Waals surface area contributed by atoms with Crippen molar-refractivity contribution in [3.05, 3.63) is 11.6 Å². The predicted molar refractivity (Wildman–Crippen MR) is 90.9 cm³/mol. The molecule has 1 aromatic rings. The van der Waals surface area contributed by atoms with Crippen molar-refractivity contribution in [3.8, 4) is 23.0 Å². The average molecular weight is 360 g/mol. The summed E-state index contributed by atoms with van der Waals surface area (Å²) in [6, 6.07) is 1.80. The van der Waals surface area contributed by atoms with Gasteiger partial charge in [-0.15, -0.1) is 0 Å². The zero-order valence-corrected chi connectivity index (χ0v) is 15.6. The van der Waals surface area contributed by atoms with Crippen LogP contribution < -0.4 is 18.9 Å². The van der Waals surface area contributed by atoms with E-state index in [0.717, 1.165) is 5.56 Å². The Kier molecular flexibility index (Phi) is 10.7. The summed E-state index contributed by atoms with van der Waals surface area (Å²) in [6.45, 7) is 3.90. The molecule has 0 atom stereocenters. The van der Waals surface area contributed by atoms with Crippen LogP contribution in [0, 0.1) is 6.92 Å². The molecule has 0 aliphatic heterocycles. The Bertz CT molecular complexity index is 492. The highest BCUT2D eigenvalue weighted by Gasteiger charge is 2.20. The Morgan fingerprint density at radius 3 is 1.76 bits per heavy atom. The Morgan fingerprint density at radius 1 is 0.680 bits per heavy atom. The Hall–Kier alpha value is -1.74. The summed E-state index contributed by atoms with van der Waals surface area (Å²) in [7, 11) is 6.29. The van der Waals surface area contributed by atoms with Gasteiger partial charge in [0, 0.05) is 14.2 Å². The average Bonchev–Trinajstić information content (AvgIpc) is 2.62. The highest BCUT2D eigenvalue weighted by Crippen LogP contribution is 2.46. The minimum atomic E-state index is 0.0721. The van der Waals surface area contributed by atoms with Crippen molar-refractivity contribution in [1.82, 2.24) is 0 Å². The van der Waals surface area contributed by atoms with Gasteiger partial charge in [0.1, 0.15) is 0 Å². The third-order valence-corrected chi connectivity index (χ3v) is 3.20. The van der Waals surface area contributed by atoms with Gasteiger partial charge in [0.05, 0.1) is 40.6 Å². The lowest BCUT2D eigenvalue weighted by atomic mass is 10.1. The molecule has 0 saturated heterocycles. The summed E-state index contributed by atoms with van der Waals surface area (Å²) >= 11 is 0. The van der Waals surface area contributed by atoms with Gasteiger partial charge in [-0.25, -0.2) is 0 Å². The van der Waals surface area contributed by atoms with E-state index in [1.54, 1.807) is 20.3 Å². The van der Waals surface area contributed by atoms with Crippen LogP contribution >= 0.6 is 0 Å². The van der Waals surface area contributed by atoms with Gasteiger partial charge < -0.3 is 37.9 Å². The van der Waals surface area contributed by atoms with Crippen LogP contribution in [0.1, 0.15) is 5.56 Å². The van der Waals surface area contributed by atoms with E-state index >= 15 is 0 Å². The first-order valence-electron chi connectivity index (χ1n) is 7.84. The molecule has 0 saturated carbocycles. The number of aryl methyl sites for hydroxylation is 1. The molecule has 0 N–H and O–H groups in total. The summed E-state index contributed by atoms with van der Waals surface area (Å²) in [6.07, 6.45) is 0. The zero-order valence-electron chi connectivity index (χ0n) is 15.6. The molecule has 1 rings (SSSR count). The van der Waals surface area contributed by atoms with Crippen molar-refractivity contribution in [1.29, 1.82) is 0 Å². The van der Waals surface area contributed by atoms with E-state index in [1.807, 2.05) is 6.92 Å². The summed E-state index contributed by atoms with van der Waals surface area (Å²) in [5.74, 6) is 1.89. The highest BCUT2D eigenvalue weighted by atomic mass is 16.7. The van der Waals surface area contributed by atoms with Gasteiger partial charge in [0.15, 0.2) is 25.1 Å². The molecule has 0 radical (unpaired) electrons. The lowest BCUT2D eigenvalue weighted by Crippen LogP contribution is -2.11. The molecule has 8 heteroatoms. The fourth-order valence-corrected chi connectivity index (χ4v) is 2.00. The third-order valence-electron chi connectivity index (χ3n) is 3.20. The minimum Gasteiger partial charge on any atom is -0.490 e. The molecule has 0 amide bonds. The Morgan fingerprint density at radius 2 is 1.24 bits per heavy atom. The third kappa shape index (κ3) is 6.95. The monoisotopic (exact) mass is 360 g/mol. The maximum Gasteiger partial charge on any atom is 0.207 e. The fourth-order valence-electron chi connectivity index (χ4n) is 2.00. The summed E-state index contributed by atoms with van der Waals surface area (Å²) in [5.41, 5.74) is 0.819. The maximum atomic E-state index is 5.67. The number of hydrogen-bond donors (Lipinski definition) is 0. The number of hydrogen-bond acceptors (Lipinski definition) is 8. The first-order chi connectivity index (χ1) is 12.2. The molecule has 0 bridgehead atoms. The number of rotatable bonds is 14. The van der Waals surface area contributed by atoms with Crippen LogP contribution in [0.15, 0.2) is 6.07 Å². The lowest BCUT2D eigenvalue weighted by molar-refractivity contribution is -0.0121. The van der Waals surface area contributed by atoms with Gasteiger partial charge in [0.2, 0.25) is 11.5 Å². The molecule has 0 aliphatic rings. The molecular weight excluding hydrogens is 332 g/mol. The normalized spacial score (nSPS) is 10.6. The van der Waals surface area contributed by atoms with Crippen molar-refractivity contribution in [2.75, 3.05) is 68.5 Å². The van der Waals surface area contributed by atoms with Crippen LogP contribution in [0.4, 0.5) is 0 Å². The molecule has 0 fully saturated rings. The molecular formula is C17H28O8. The molecule has 1 aromatic carbocycles. The van der Waals surface area contributed by atoms with E-state index < -0.39 is 0 Å². The number of ether oxygens (including phenoxy) is 8. The van der Waals surface area contributed by atoms with E-state index in [2.05, 4.69) is 0 Å². The van der Waals surface area contributed by atoms with Crippen LogP contribution in [0.3, 0.4) is 0 Å². The van der Waals surface area contributed by atoms with Gasteiger partial charge in [-0.1, -0.05) is 0 Å². The van der Waals surface area contributed by atoms with Crippen LogP contribution in [0.5, 0.6) is 23.0 Å². The largest absolute Gasteiger partial charge is 0.490 e. The zero-order chi connectivity index (χ0) is 18.5. The topological polar surface area (TPSA) is 73.8 Å². The van der Waals surface area contributed by atoms with Crippen LogP contribution in [-0.2, 0) is 18.9 Å². The van der Waals surface area contributed by atoms with Gasteiger partial charge in [-0.2, -0.15) is 0 Å². The van der Waals surface area contributed by atoms with Crippen LogP contribution in [0.25, 0.3) is 0 Å². The Balaban J connectivity index is 2.78. The van der Waals surface area contributed by atoms with Crippen LogP contribution in [0.2, 0.25) is 0 Å². The molecule has 25 heavy (non-hydrogen) atoms. The van der Waals surface area contributed by atoms with E-state index in [9.17, 15) is 0 Å². The van der Waals surface area contributed by atoms with E-state index in [0.29, 0.717) is 49.4 Å². The number of methoxy groups -OCH3 is 4. The quantitative estimate of drug-likeness (QED) is 0.368. The lowest BCUT2D eigenvalue weighted by Gasteiger charge is -2.19. The maximum absolute atomic E-state index is 5.67. The molecule has 0 spiro atoms. The van der Waals surface area contributed by atoms with Crippen molar-refractivity contribution < 1.29 is 37.9 Å². The highest BCUT2D eigenvalue weighted by molar-refractivity contribution is 5.62. The van der Waals surface area contributed by atoms with Gasteiger partial charge in [-0.3, -0.25) is 0 Å². The molecule has 144 valence electrons. The van der Waals surface area contributed by atoms with Crippen molar-refractivity contribution in [3.63, 3.8) is 0 Å². The van der Waals surface area contributed by atoms with E-state index in [4.69, 9.17) is 37.9 Å². The molecule has 0 aromatic heterocycles. The first kappa shape index (κ1) is 21.3. The predicted octanol–water partition coefficient (Wildman–Crippen LogP) is 2.01. The second kappa shape index (κ2) is 12.6. The molecule has 8 nitrogen and oxygen atoms in total. The van der Waals surface area contributed by atoms with Crippen molar-refractivity contribution >= 4 is 0 Å². The SMILES string of the molecule is COCCOCOc1cc(C)c(OCOCCOC)c(OC)c1OC. The summed E-state index contributed by atoms with van der Waals surface area (Å²) in [4.78, 5) is 0.